The average molecular weight is 261 g/mol. The van der Waals surface area contributed by atoms with Gasteiger partial charge in [0.2, 0.25) is 0 Å². The van der Waals surface area contributed by atoms with E-state index in [1.165, 1.54) is 19.3 Å². The van der Waals surface area contributed by atoms with Gasteiger partial charge in [0.05, 0.1) is 0 Å². The summed E-state index contributed by atoms with van der Waals surface area (Å²) < 4.78 is 0. The fourth-order valence-electron chi connectivity index (χ4n) is 3.51. The molecule has 104 valence electrons. The Kier molecular flexibility index (Phi) is 3.31. The molecule has 0 radical (unpaired) electrons. The molecule has 2 unspecified atom stereocenters. The van der Waals surface area contributed by atoms with Gasteiger partial charge in [0.25, 0.3) is 0 Å². The van der Waals surface area contributed by atoms with Crippen LogP contribution in [0.5, 0.6) is 0 Å². The SMILES string of the molecule is CNc1ncnc(N2CCC3CCC(C2)N3C)c1C. The topological polar surface area (TPSA) is 44.3 Å². The van der Waals surface area contributed by atoms with Gasteiger partial charge in [-0.2, -0.15) is 0 Å². The molecule has 1 N–H and O–H groups in total. The van der Waals surface area contributed by atoms with Crippen LogP contribution in [0.2, 0.25) is 0 Å². The summed E-state index contributed by atoms with van der Waals surface area (Å²) in [5.74, 6) is 2.04. The minimum absolute atomic E-state index is 0.680. The largest absolute Gasteiger partial charge is 0.373 e. The summed E-state index contributed by atoms with van der Waals surface area (Å²) in [6, 6.07) is 1.45. The normalized spacial score (nSPS) is 27.4. The van der Waals surface area contributed by atoms with Crippen LogP contribution in [0.4, 0.5) is 11.6 Å². The zero-order valence-electron chi connectivity index (χ0n) is 12.1. The lowest BCUT2D eigenvalue weighted by atomic mass is 10.1. The van der Waals surface area contributed by atoms with E-state index < -0.39 is 0 Å². The summed E-state index contributed by atoms with van der Waals surface area (Å²) in [7, 11) is 4.19. The lowest BCUT2D eigenvalue weighted by molar-refractivity contribution is 0.254. The second-order valence-electron chi connectivity index (χ2n) is 5.71. The molecule has 19 heavy (non-hydrogen) atoms. The second kappa shape index (κ2) is 4.96. The first-order chi connectivity index (χ1) is 9.20. The fourth-order valence-corrected chi connectivity index (χ4v) is 3.51. The number of hydrogen-bond donors (Lipinski definition) is 1. The monoisotopic (exact) mass is 261 g/mol. The number of anilines is 2. The number of hydrogen-bond acceptors (Lipinski definition) is 5. The Balaban J connectivity index is 1.87. The van der Waals surface area contributed by atoms with Gasteiger partial charge in [-0.3, -0.25) is 4.90 Å². The fraction of sp³-hybridized carbons (Fsp3) is 0.714. The van der Waals surface area contributed by atoms with E-state index in [1.54, 1.807) is 6.33 Å². The first kappa shape index (κ1) is 12.7. The van der Waals surface area contributed by atoms with Crippen molar-refractivity contribution in [3.8, 4) is 0 Å². The zero-order valence-corrected chi connectivity index (χ0v) is 12.1. The van der Waals surface area contributed by atoms with Gasteiger partial charge in [0.1, 0.15) is 18.0 Å². The van der Waals surface area contributed by atoms with Crippen LogP contribution in [0.15, 0.2) is 6.33 Å². The molecule has 1 aromatic heterocycles. The number of rotatable bonds is 2. The van der Waals surface area contributed by atoms with Gasteiger partial charge in [-0.1, -0.05) is 0 Å². The Morgan fingerprint density at radius 3 is 2.79 bits per heavy atom. The van der Waals surface area contributed by atoms with Crippen molar-refractivity contribution in [1.82, 2.24) is 14.9 Å². The molecule has 1 aromatic rings. The van der Waals surface area contributed by atoms with Crippen LogP contribution in [0, 0.1) is 6.92 Å². The molecule has 2 atom stereocenters. The second-order valence-corrected chi connectivity index (χ2v) is 5.71. The van der Waals surface area contributed by atoms with Crippen molar-refractivity contribution < 1.29 is 0 Å². The maximum absolute atomic E-state index is 4.52. The lowest BCUT2D eigenvalue weighted by Crippen LogP contribution is -2.37. The van der Waals surface area contributed by atoms with E-state index in [0.717, 1.165) is 36.3 Å². The van der Waals surface area contributed by atoms with Gasteiger partial charge >= 0.3 is 0 Å². The molecule has 0 spiro atoms. The van der Waals surface area contributed by atoms with Crippen LogP contribution in [-0.2, 0) is 0 Å². The first-order valence-electron chi connectivity index (χ1n) is 7.17. The third-order valence-corrected chi connectivity index (χ3v) is 4.74. The van der Waals surface area contributed by atoms with Gasteiger partial charge in [0.15, 0.2) is 0 Å². The molecular formula is C14H23N5. The summed E-state index contributed by atoms with van der Waals surface area (Å²) >= 11 is 0. The van der Waals surface area contributed by atoms with Crippen molar-refractivity contribution in [3.05, 3.63) is 11.9 Å². The van der Waals surface area contributed by atoms with Gasteiger partial charge in [-0.25, -0.2) is 9.97 Å². The predicted octanol–water partition coefficient (Wildman–Crippen LogP) is 1.50. The van der Waals surface area contributed by atoms with Crippen LogP contribution in [0.1, 0.15) is 24.8 Å². The van der Waals surface area contributed by atoms with Crippen LogP contribution in [0.25, 0.3) is 0 Å². The highest BCUT2D eigenvalue weighted by Crippen LogP contribution is 2.31. The molecule has 0 aromatic carbocycles. The Bertz CT molecular complexity index is 461. The van der Waals surface area contributed by atoms with E-state index >= 15 is 0 Å². The molecule has 2 fully saturated rings. The summed E-state index contributed by atoms with van der Waals surface area (Å²) in [5, 5.41) is 3.14. The third kappa shape index (κ3) is 2.16. The van der Waals surface area contributed by atoms with Crippen molar-refractivity contribution in [2.24, 2.45) is 0 Å². The number of aromatic nitrogens is 2. The van der Waals surface area contributed by atoms with Crippen molar-refractivity contribution in [2.75, 3.05) is 37.4 Å². The van der Waals surface area contributed by atoms with E-state index in [4.69, 9.17) is 0 Å². The number of nitrogens with zero attached hydrogens (tertiary/aromatic N) is 4. The van der Waals surface area contributed by atoms with Gasteiger partial charge in [-0.05, 0) is 33.2 Å². The van der Waals surface area contributed by atoms with E-state index in [9.17, 15) is 0 Å². The highest BCUT2D eigenvalue weighted by molar-refractivity contribution is 5.57. The predicted molar refractivity (Wildman–Crippen MR) is 77.7 cm³/mol. The molecule has 2 aliphatic heterocycles. The maximum Gasteiger partial charge on any atom is 0.137 e. The van der Waals surface area contributed by atoms with Gasteiger partial charge < -0.3 is 10.2 Å². The molecule has 2 bridgehead atoms. The lowest BCUT2D eigenvalue weighted by Gasteiger charge is -2.28. The summed E-state index contributed by atoms with van der Waals surface area (Å²) in [6.45, 7) is 4.30. The van der Waals surface area contributed by atoms with Crippen molar-refractivity contribution in [1.29, 1.82) is 0 Å². The summed E-state index contributed by atoms with van der Waals surface area (Å²) in [5.41, 5.74) is 1.16. The molecule has 2 aliphatic rings. The summed E-state index contributed by atoms with van der Waals surface area (Å²) in [4.78, 5) is 13.8. The van der Waals surface area contributed by atoms with E-state index in [2.05, 4.69) is 39.1 Å². The highest BCUT2D eigenvalue weighted by Gasteiger charge is 2.35. The van der Waals surface area contributed by atoms with Gasteiger partial charge in [0, 0.05) is 37.8 Å². The molecule has 3 rings (SSSR count). The molecule has 3 heterocycles. The van der Waals surface area contributed by atoms with E-state index in [0.29, 0.717) is 6.04 Å². The van der Waals surface area contributed by atoms with Crippen LogP contribution >= 0.6 is 0 Å². The van der Waals surface area contributed by atoms with E-state index in [-0.39, 0.29) is 0 Å². The van der Waals surface area contributed by atoms with Crippen molar-refractivity contribution in [2.45, 2.75) is 38.3 Å². The Labute approximate surface area is 115 Å². The number of nitrogens with one attached hydrogen (secondary N) is 1. The number of likely N-dealkylation sites (N-methyl/N-ethyl adjacent to an activating group) is 1. The molecule has 2 saturated heterocycles. The molecule has 0 aliphatic carbocycles. The molecule has 0 amide bonds. The molecule has 0 saturated carbocycles. The Morgan fingerprint density at radius 2 is 2.00 bits per heavy atom. The van der Waals surface area contributed by atoms with Crippen LogP contribution in [0.3, 0.4) is 0 Å². The smallest absolute Gasteiger partial charge is 0.137 e. The maximum atomic E-state index is 4.52. The standard InChI is InChI=1S/C14H23N5/c1-10-13(15-2)16-9-17-14(10)19-7-6-11-4-5-12(8-19)18(11)3/h9,11-12H,4-8H2,1-3H3,(H,15,16,17). The van der Waals surface area contributed by atoms with Crippen LogP contribution < -0.4 is 10.2 Å². The Hall–Kier alpha value is -1.36. The quantitative estimate of drug-likeness (QED) is 0.874. The average Bonchev–Trinajstić information content (AvgIpc) is 2.64. The molecule has 5 nitrogen and oxygen atoms in total. The zero-order chi connectivity index (χ0) is 13.4. The highest BCUT2D eigenvalue weighted by atomic mass is 15.3. The third-order valence-electron chi connectivity index (χ3n) is 4.74. The van der Waals surface area contributed by atoms with E-state index in [1.807, 2.05) is 7.05 Å². The first-order valence-corrected chi connectivity index (χ1v) is 7.17. The number of fused-ring (bicyclic) bond motifs is 2. The molecule has 5 heteroatoms. The summed E-state index contributed by atoms with van der Waals surface area (Å²) in [6.07, 6.45) is 5.59. The Morgan fingerprint density at radius 1 is 1.21 bits per heavy atom. The van der Waals surface area contributed by atoms with Crippen LogP contribution in [-0.4, -0.2) is 54.1 Å². The molecular weight excluding hydrogens is 238 g/mol. The minimum atomic E-state index is 0.680. The van der Waals surface area contributed by atoms with Crippen molar-refractivity contribution in [3.63, 3.8) is 0 Å². The van der Waals surface area contributed by atoms with Gasteiger partial charge in [-0.15, -0.1) is 0 Å². The minimum Gasteiger partial charge on any atom is -0.373 e. The van der Waals surface area contributed by atoms with Crippen molar-refractivity contribution >= 4 is 11.6 Å².